The van der Waals surface area contributed by atoms with Gasteiger partial charge in [-0.15, -0.1) is 0 Å². The van der Waals surface area contributed by atoms with E-state index in [1.54, 1.807) is 24.3 Å². The number of nitrogens with zero attached hydrogens (tertiary/aromatic N) is 2. The summed E-state index contributed by atoms with van der Waals surface area (Å²) >= 11 is 4.70. The molecule has 3 rings (SSSR count). The lowest BCUT2D eigenvalue weighted by molar-refractivity contribution is -0.141. The van der Waals surface area contributed by atoms with E-state index in [0.29, 0.717) is 0 Å². The normalized spacial score (nSPS) is 17.4. The summed E-state index contributed by atoms with van der Waals surface area (Å²) < 4.78 is 0. The standard InChI is InChI=1S/C20H19N5O3S/c21-20(29)24-23-16-15(17(26)22-11-13-7-3-1-4-8-13)18(27)25(19(16)28)12-14-9-5-2-6-10-14/h1-10,15H,11-12H2,(H,22,26)(H3,21,24,29)/b23-16+/t15-/m0/s1. The van der Waals surface area contributed by atoms with E-state index in [1.807, 2.05) is 36.4 Å². The maximum Gasteiger partial charge on any atom is 0.278 e. The van der Waals surface area contributed by atoms with Crippen molar-refractivity contribution in [3.05, 3.63) is 71.8 Å². The molecule has 1 atom stereocenters. The van der Waals surface area contributed by atoms with E-state index in [1.165, 1.54) is 0 Å². The van der Waals surface area contributed by atoms with Gasteiger partial charge in [0.05, 0.1) is 6.54 Å². The number of imide groups is 1. The predicted molar refractivity (Wildman–Crippen MR) is 111 cm³/mol. The van der Waals surface area contributed by atoms with E-state index in [9.17, 15) is 14.4 Å². The molecule has 0 radical (unpaired) electrons. The summed E-state index contributed by atoms with van der Waals surface area (Å²) in [5, 5.41) is 6.34. The van der Waals surface area contributed by atoms with Crippen LogP contribution in [0.5, 0.6) is 0 Å². The van der Waals surface area contributed by atoms with Crippen molar-refractivity contribution in [2.75, 3.05) is 0 Å². The highest BCUT2D eigenvalue weighted by Crippen LogP contribution is 2.21. The van der Waals surface area contributed by atoms with Crippen molar-refractivity contribution in [2.45, 2.75) is 13.1 Å². The molecule has 1 heterocycles. The molecule has 2 aromatic rings. The lowest BCUT2D eigenvalue weighted by atomic mass is 10.0. The van der Waals surface area contributed by atoms with Crippen LogP contribution in [0, 0.1) is 5.92 Å². The molecule has 9 heteroatoms. The summed E-state index contributed by atoms with van der Waals surface area (Å²) in [6.45, 7) is 0.249. The van der Waals surface area contributed by atoms with Crippen LogP contribution in [-0.4, -0.2) is 33.4 Å². The Morgan fingerprint density at radius 2 is 1.62 bits per heavy atom. The fourth-order valence-electron chi connectivity index (χ4n) is 2.90. The van der Waals surface area contributed by atoms with Crippen molar-refractivity contribution in [2.24, 2.45) is 16.8 Å². The highest BCUT2D eigenvalue weighted by molar-refractivity contribution is 7.80. The van der Waals surface area contributed by atoms with E-state index < -0.39 is 23.6 Å². The van der Waals surface area contributed by atoms with E-state index in [2.05, 4.69) is 15.8 Å². The maximum atomic E-state index is 12.9. The zero-order valence-electron chi connectivity index (χ0n) is 15.4. The third-order valence-corrected chi connectivity index (χ3v) is 4.38. The molecule has 1 saturated heterocycles. The quantitative estimate of drug-likeness (QED) is 0.280. The van der Waals surface area contributed by atoms with Gasteiger partial charge in [0.1, 0.15) is 5.71 Å². The van der Waals surface area contributed by atoms with Crippen molar-refractivity contribution in [3.8, 4) is 0 Å². The highest BCUT2D eigenvalue weighted by atomic mass is 32.1. The van der Waals surface area contributed by atoms with E-state index in [4.69, 9.17) is 18.0 Å². The number of hydrazone groups is 1. The van der Waals surface area contributed by atoms with Gasteiger partial charge in [-0.3, -0.25) is 24.7 Å². The maximum absolute atomic E-state index is 12.9. The molecule has 0 aliphatic carbocycles. The molecule has 0 saturated carbocycles. The van der Waals surface area contributed by atoms with Gasteiger partial charge in [-0.25, -0.2) is 0 Å². The zero-order valence-corrected chi connectivity index (χ0v) is 16.2. The fraction of sp³-hybridized carbons (Fsp3) is 0.150. The van der Waals surface area contributed by atoms with Crippen LogP contribution in [0.1, 0.15) is 11.1 Å². The fourth-order valence-corrected chi connectivity index (χ4v) is 2.95. The molecular weight excluding hydrogens is 390 g/mol. The van der Waals surface area contributed by atoms with Gasteiger partial charge in [-0.05, 0) is 23.3 Å². The Hall–Kier alpha value is -3.59. The Morgan fingerprint density at radius 3 is 2.21 bits per heavy atom. The summed E-state index contributed by atoms with van der Waals surface area (Å²) in [7, 11) is 0. The van der Waals surface area contributed by atoms with Crippen LogP contribution in [0.2, 0.25) is 0 Å². The van der Waals surface area contributed by atoms with E-state index in [0.717, 1.165) is 16.0 Å². The van der Waals surface area contributed by atoms with Crippen molar-refractivity contribution in [3.63, 3.8) is 0 Å². The number of nitrogens with two attached hydrogens (primary N) is 1. The molecule has 1 aliphatic heterocycles. The Balaban J connectivity index is 1.82. The molecule has 2 aromatic carbocycles. The second-order valence-corrected chi connectivity index (χ2v) is 6.76. The van der Waals surface area contributed by atoms with E-state index >= 15 is 0 Å². The SMILES string of the molecule is NC(=S)N/N=C1/C(=O)N(Cc2ccccc2)C(=O)[C@@H]1C(=O)NCc1ccccc1. The highest BCUT2D eigenvalue weighted by Gasteiger charge is 2.49. The summed E-state index contributed by atoms with van der Waals surface area (Å²) in [4.78, 5) is 39.4. The molecule has 0 unspecified atom stereocenters. The van der Waals surface area contributed by atoms with Crippen molar-refractivity contribution in [1.82, 2.24) is 15.6 Å². The molecule has 29 heavy (non-hydrogen) atoms. The Kier molecular flexibility index (Phi) is 6.30. The number of carbonyl (C=O) groups excluding carboxylic acids is 3. The van der Waals surface area contributed by atoms with Crippen LogP contribution in [0.3, 0.4) is 0 Å². The zero-order chi connectivity index (χ0) is 20.8. The molecule has 8 nitrogen and oxygen atoms in total. The average Bonchev–Trinajstić information content (AvgIpc) is 2.96. The Bertz CT molecular complexity index is 963. The van der Waals surface area contributed by atoms with Crippen LogP contribution >= 0.6 is 12.2 Å². The molecule has 148 valence electrons. The number of nitrogens with one attached hydrogen (secondary N) is 2. The number of amides is 3. The van der Waals surface area contributed by atoms with Gasteiger partial charge >= 0.3 is 0 Å². The van der Waals surface area contributed by atoms with Gasteiger partial charge in [-0.2, -0.15) is 5.10 Å². The second kappa shape index (κ2) is 9.07. The third kappa shape index (κ3) is 4.82. The first-order valence-corrected chi connectivity index (χ1v) is 9.22. The van der Waals surface area contributed by atoms with Crippen molar-refractivity contribution < 1.29 is 14.4 Å². The summed E-state index contributed by atoms with van der Waals surface area (Å²) in [6, 6.07) is 18.2. The number of carbonyl (C=O) groups is 3. The summed E-state index contributed by atoms with van der Waals surface area (Å²) in [5.41, 5.74) is 9.03. The van der Waals surface area contributed by atoms with Crippen LogP contribution < -0.4 is 16.5 Å². The number of hydrogen-bond donors (Lipinski definition) is 3. The molecule has 4 N–H and O–H groups in total. The Labute approximate surface area is 172 Å². The third-order valence-electron chi connectivity index (χ3n) is 4.29. The van der Waals surface area contributed by atoms with Crippen LogP contribution in [0.15, 0.2) is 65.8 Å². The molecule has 1 aliphatic rings. The first-order valence-electron chi connectivity index (χ1n) is 8.81. The minimum Gasteiger partial charge on any atom is -0.375 e. The number of rotatable bonds is 6. The lowest BCUT2D eigenvalue weighted by Gasteiger charge is -2.14. The van der Waals surface area contributed by atoms with Crippen LogP contribution in [0.25, 0.3) is 0 Å². The first kappa shape index (κ1) is 20.2. The van der Waals surface area contributed by atoms with Crippen molar-refractivity contribution >= 4 is 40.8 Å². The van der Waals surface area contributed by atoms with Gasteiger partial charge in [0.25, 0.3) is 5.91 Å². The second-order valence-electron chi connectivity index (χ2n) is 6.32. The predicted octanol–water partition coefficient (Wildman–Crippen LogP) is 0.677. The molecule has 1 fully saturated rings. The van der Waals surface area contributed by atoms with Crippen LogP contribution in [-0.2, 0) is 27.5 Å². The molecule has 0 bridgehead atoms. The lowest BCUT2D eigenvalue weighted by Crippen LogP contribution is -2.39. The first-order chi connectivity index (χ1) is 14.0. The van der Waals surface area contributed by atoms with Gasteiger partial charge in [-0.1, -0.05) is 60.7 Å². The summed E-state index contributed by atoms with van der Waals surface area (Å²) in [6.07, 6.45) is 0. The minimum absolute atomic E-state index is 0.0348. The number of benzene rings is 2. The monoisotopic (exact) mass is 409 g/mol. The number of likely N-dealkylation sites (tertiary alicyclic amines) is 1. The van der Waals surface area contributed by atoms with Gasteiger partial charge in [0.2, 0.25) is 11.8 Å². The smallest absolute Gasteiger partial charge is 0.278 e. The summed E-state index contributed by atoms with van der Waals surface area (Å²) in [5.74, 6) is -3.31. The minimum atomic E-state index is -1.38. The number of thiocarbonyl (C=S) groups is 1. The Morgan fingerprint density at radius 1 is 1.03 bits per heavy atom. The largest absolute Gasteiger partial charge is 0.375 e. The van der Waals surface area contributed by atoms with Gasteiger partial charge in [0.15, 0.2) is 11.0 Å². The topological polar surface area (TPSA) is 117 Å². The molecule has 3 amide bonds. The average molecular weight is 409 g/mol. The van der Waals surface area contributed by atoms with Crippen LogP contribution in [0.4, 0.5) is 0 Å². The van der Waals surface area contributed by atoms with Gasteiger partial charge < -0.3 is 11.1 Å². The number of hydrogen-bond acceptors (Lipinski definition) is 5. The van der Waals surface area contributed by atoms with Crippen molar-refractivity contribution in [1.29, 1.82) is 0 Å². The van der Waals surface area contributed by atoms with E-state index in [-0.39, 0.29) is 23.9 Å². The molecule has 0 aromatic heterocycles. The molecule has 0 spiro atoms. The molecular formula is C20H19N5O3S. The van der Waals surface area contributed by atoms with Gasteiger partial charge in [0, 0.05) is 6.54 Å².